The number of aliphatic carboxylic acids is 1. The van der Waals surface area contributed by atoms with E-state index >= 15 is 0 Å². The smallest absolute Gasteiger partial charge is 0.374 e. The van der Waals surface area contributed by atoms with Crippen LogP contribution in [0.4, 0.5) is 0 Å². The van der Waals surface area contributed by atoms with Gasteiger partial charge in [-0.3, -0.25) is 9.69 Å². The average molecular weight is 321 g/mol. The zero-order valence-corrected chi connectivity index (χ0v) is 13.4. The minimum Gasteiger partial charge on any atom is -0.480 e. The standard InChI is InChI=1S/C17H23NO5/c1-2-22-17(21)15-8-7-12(23-15)10-18-13-6-4-3-5-11(13)9-14(18)16(19)20/h7-8,11,13-14H,2-6,9-10H2,1H3,(H,19,20). The van der Waals surface area contributed by atoms with Gasteiger partial charge in [-0.05, 0) is 44.2 Å². The van der Waals surface area contributed by atoms with Crippen LogP contribution in [0.3, 0.4) is 0 Å². The third-order valence-corrected chi connectivity index (χ3v) is 4.98. The van der Waals surface area contributed by atoms with Gasteiger partial charge < -0.3 is 14.3 Å². The fourth-order valence-corrected chi connectivity index (χ4v) is 3.98. The molecule has 6 heteroatoms. The van der Waals surface area contributed by atoms with Crippen molar-refractivity contribution in [3.8, 4) is 0 Å². The van der Waals surface area contributed by atoms with Crippen LogP contribution in [0.25, 0.3) is 0 Å². The first kappa shape index (κ1) is 16.1. The molecule has 6 nitrogen and oxygen atoms in total. The summed E-state index contributed by atoms with van der Waals surface area (Å²) < 4.78 is 10.5. The van der Waals surface area contributed by atoms with Crippen molar-refractivity contribution in [3.63, 3.8) is 0 Å². The van der Waals surface area contributed by atoms with E-state index in [1.807, 2.05) is 4.90 Å². The molecule has 2 fully saturated rings. The summed E-state index contributed by atoms with van der Waals surface area (Å²) in [5.74, 6) is 0.00468. The molecular weight excluding hydrogens is 298 g/mol. The van der Waals surface area contributed by atoms with E-state index < -0.39 is 18.0 Å². The highest BCUT2D eigenvalue weighted by Gasteiger charge is 2.45. The predicted octanol–water partition coefficient (Wildman–Crippen LogP) is 2.67. The van der Waals surface area contributed by atoms with Gasteiger partial charge in [0.2, 0.25) is 5.76 Å². The van der Waals surface area contributed by atoms with Crippen molar-refractivity contribution < 1.29 is 23.8 Å². The molecule has 3 rings (SSSR count). The Morgan fingerprint density at radius 1 is 1.35 bits per heavy atom. The van der Waals surface area contributed by atoms with Crippen LogP contribution >= 0.6 is 0 Å². The lowest BCUT2D eigenvalue weighted by Crippen LogP contribution is -2.41. The summed E-state index contributed by atoms with van der Waals surface area (Å²) in [5.41, 5.74) is 0. The number of carbonyl (C=O) groups excluding carboxylic acids is 1. The third kappa shape index (κ3) is 3.27. The van der Waals surface area contributed by atoms with Gasteiger partial charge in [-0.15, -0.1) is 0 Å². The van der Waals surface area contributed by atoms with E-state index in [1.165, 1.54) is 6.42 Å². The Labute approximate surface area is 135 Å². The fraction of sp³-hybridized carbons (Fsp3) is 0.647. The molecule has 0 amide bonds. The van der Waals surface area contributed by atoms with Gasteiger partial charge in [-0.1, -0.05) is 12.8 Å². The minimum atomic E-state index is -0.767. The van der Waals surface area contributed by atoms with Crippen LogP contribution in [0.2, 0.25) is 0 Å². The molecule has 1 N–H and O–H groups in total. The molecule has 1 aromatic rings. The SMILES string of the molecule is CCOC(=O)c1ccc(CN2C(C(=O)O)CC3CCCCC32)o1. The highest BCUT2D eigenvalue weighted by Crippen LogP contribution is 2.40. The van der Waals surface area contributed by atoms with Crippen molar-refractivity contribution in [3.05, 3.63) is 23.7 Å². The Kier molecular flexibility index (Phi) is 4.71. The molecule has 1 saturated heterocycles. The number of carboxylic acid groups (broad SMARTS) is 1. The number of rotatable bonds is 5. The Morgan fingerprint density at radius 3 is 2.87 bits per heavy atom. The van der Waals surface area contributed by atoms with Crippen LogP contribution < -0.4 is 0 Å². The van der Waals surface area contributed by atoms with Crippen molar-refractivity contribution in [2.24, 2.45) is 5.92 Å². The first-order valence-corrected chi connectivity index (χ1v) is 8.34. The van der Waals surface area contributed by atoms with Crippen molar-refractivity contribution in [2.75, 3.05) is 6.61 Å². The molecule has 2 aliphatic rings. The van der Waals surface area contributed by atoms with Crippen molar-refractivity contribution in [1.82, 2.24) is 4.90 Å². The van der Waals surface area contributed by atoms with E-state index in [-0.39, 0.29) is 5.76 Å². The van der Waals surface area contributed by atoms with Gasteiger partial charge in [-0.25, -0.2) is 4.79 Å². The van der Waals surface area contributed by atoms with Gasteiger partial charge in [0.05, 0.1) is 13.2 Å². The number of esters is 1. The Bertz CT molecular complexity index is 581. The lowest BCUT2D eigenvalue weighted by atomic mass is 9.85. The zero-order chi connectivity index (χ0) is 16.4. The lowest BCUT2D eigenvalue weighted by Gasteiger charge is -2.32. The third-order valence-electron chi connectivity index (χ3n) is 4.98. The number of fused-ring (bicyclic) bond motifs is 1. The molecule has 1 aliphatic carbocycles. The summed E-state index contributed by atoms with van der Waals surface area (Å²) in [6, 6.07) is 3.18. The van der Waals surface area contributed by atoms with Crippen LogP contribution in [0, 0.1) is 5.92 Å². The van der Waals surface area contributed by atoms with Crippen molar-refractivity contribution in [2.45, 2.75) is 57.7 Å². The highest BCUT2D eigenvalue weighted by molar-refractivity contribution is 5.86. The number of nitrogens with zero attached hydrogens (tertiary/aromatic N) is 1. The Balaban J connectivity index is 1.74. The van der Waals surface area contributed by atoms with E-state index in [9.17, 15) is 14.7 Å². The number of ether oxygens (including phenoxy) is 1. The Morgan fingerprint density at radius 2 is 2.13 bits per heavy atom. The summed E-state index contributed by atoms with van der Waals surface area (Å²) in [6.07, 6.45) is 5.20. The molecule has 0 radical (unpaired) electrons. The predicted molar refractivity (Wildman–Crippen MR) is 82.0 cm³/mol. The molecule has 3 atom stereocenters. The molecule has 2 heterocycles. The van der Waals surface area contributed by atoms with Crippen LogP contribution in [-0.4, -0.2) is 40.6 Å². The second-order valence-corrected chi connectivity index (χ2v) is 6.36. The highest BCUT2D eigenvalue weighted by atomic mass is 16.5. The Hall–Kier alpha value is -1.82. The number of carbonyl (C=O) groups is 2. The van der Waals surface area contributed by atoms with Crippen LogP contribution in [-0.2, 0) is 16.1 Å². The fourth-order valence-electron chi connectivity index (χ4n) is 3.98. The van der Waals surface area contributed by atoms with Gasteiger partial charge in [0.1, 0.15) is 11.8 Å². The molecule has 1 aliphatic heterocycles. The summed E-state index contributed by atoms with van der Waals surface area (Å²) in [6.45, 7) is 2.47. The topological polar surface area (TPSA) is 80.0 Å². The van der Waals surface area contributed by atoms with Crippen LogP contribution in [0.15, 0.2) is 16.5 Å². The van der Waals surface area contributed by atoms with Crippen LogP contribution in [0.1, 0.15) is 55.3 Å². The molecule has 0 bridgehead atoms. The summed E-state index contributed by atoms with van der Waals surface area (Å²) in [7, 11) is 0. The molecule has 0 aromatic carbocycles. The van der Waals surface area contributed by atoms with Gasteiger partial charge in [0.15, 0.2) is 0 Å². The quantitative estimate of drug-likeness (QED) is 0.840. The van der Waals surface area contributed by atoms with E-state index in [0.717, 1.165) is 19.3 Å². The number of hydrogen-bond acceptors (Lipinski definition) is 5. The van der Waals surface area contributed by atoms with Gasteiger partial charge >= 0.3 is 11.9 Å². The first-order chi connectivity index (χ1) is 11.1. The summed E-state index contributed by atoms with van der Waals surface area (Å²) in [5, 5.41) is 9.53. The second-order valence-electron chi connectivity index (χ2n) is 6.36. The van der Waals surface area contributed by atoms with Crippen LogP contribution in [0.5, 0.6) is 0 Å². The maximum Gasteiger partial charge on any atom is 0.374 e. The number of likely N-dealkylation sites (tertiary alicyclic amines) is 1. The molecule has 1 saturated carbocycles. The van der Waals surface area contributed by atoms with E-state index in [1.54, 1.807) is 19.1 Å². The van der Waals surface area contributed by atoms with E-state index in [2.05, 4.69) is 0 Å². The van der Waals surface area contributed by atoms with Crippen molar-refractivity contribution >= 4 is 11.9 Å². The van der Waals surface area contributed by atoms with E-state index in [4.69, 9.17) is 9.15 Å². The maximum atomic E-state index is 11.7. The lowest BCUT2D eigenvalue weighted by molar-refractivity contribution is -0.143. The number of hydrogen-bond donors (Lipinski definition) is 1. The summed E-state index contributed by atoms with van der Waals surface area (Å²) in [4.78, 5) is 25.3. The molecule has 1 aromatic heterocycles. The minimum absolute atomic E-state index is 0.174. The second kappa shape index (κ2) is 6.74. The maximum absolute atomic E-state index is 11.7. The largest absolute Gasteiger partial charge is 0.480 e. The molecule has 126 valence electrons. The normalized spacial score (nSPS) is 27.6. The zero-order valence-electron chi connectivity index (χ0n) is 13.4. The molecule has 23 heavy (non-hydrogen) atoms. The molecular formula is C17H23NO5. The monoisotopic (exact) mass is 321 g/mol. The number of carboxylic acids is 1. The molecule has 3 unspecified atom stereocenters. The summed E-state index contributed by atoms with van der Waals surface area (Å²) >= 11 is 0. The first-order valence-electron chi connectivity index (χ1n) is 8.34. The average Bonchev–Trinajstić information content (AvgIpc) is 3.13. The van der Waals surface area contributed by atoms with Gasteiger partial charge in [0, 0.05) is 6.04 Å². The van der Waals surface area contributed by atoms with E-state index in [0.29, 0.717) is 37.3 Å². The van der Waals surface area contributed by atoms with Gasteiger partial charge in [0.25, 0.3) is 0 Å². The number of furan rings is 1. The molecule has 0 spiro atoms. The van der Waals surface area contributed by atoms with Crippen molar-refractivity contribution in [1.29, 1.82) is 0 Å². The van der Waals surface area contributed by atoms with Gasteiger partial charge in [-0.2, -0.15) is 0 Å².